The normalized spacial score (nSPS) is 17.7. The summed E-state index contributed by atoms with van der Waals surface area (Å²) in [5.74, 6) is 0.975. The maximum absolute atomic E-state index is 12.8. The van der Waals surface area contributed by atoms with E-state index in [0.29, 0.717) is 22.4 Å². The van der Waals surface area contributed by atoms with Gasteiger partial charge in [-0.15, -0.1) is 0 Å². The van der Waals surface area contributed by atoms with Gasteiger partial charge in [0.1, 0.15) is 5.75 Å². The van der Waals surface area contributed by atoms with Gasteiger partial charge in [0, 0.05) is 24.0 Å². The molecule has 1 aliphatic rings. The number of rotatable bonds is 3. The van der Waals surface area contributed by atoms with Gasteiger partial charge in [0.05, 0.1) is 12.8 Å². The summed E-state index contributed by atoms with van der Waals surface area (Å²) in [6.07, 6.45) is 3.25. The van der Waals surface area contributed by atoms with Crippen LogP contribution < -0.4 is 10.1 Å². The van der Waals surface area contributed by atoms with Gasteiger partial charge in [0.2, 0.25) is 0 Å². The number of likely N-dealkylation sites (tertiary alicyclic amines) is 1. The molecule has 0 radical (unpaired) electrons. The van der Waals surface area contributed by atoms with Crippen molar-refractivity contribution in [2.75, 3.05) is 25.5 Å². The lowest BCUT2D eigenvalue weighted by Crippen LogP contribution is -2.37. The summed E-state index contributed by atoms with van der Waals surface area (Å²) in [7, 11) is 1.58. The number of nitrogens with one attached hydrogen (secondary N) is 1. The Hall–Kier alpha value is -2.20. The van der Waals surface area contributed by atoms with Crippen LogP contribution >= 0.6 is 11.6 Å². The highest BCUT2D eigenvalue weighted by atomic mass is 35.5. The molecule has 4 nitrogen and oxygen atoms in total. The summed E-state index contributed by atoms with van der Waals surface area (Å²) in [6, 6.07) is 15.5. The SMILES string of the molecule is COc1ccc(Cl)cc1NC(=O)N1CCCCC(c2ccccc2)C1. The number of amides is 2. The summed E-state index contributed by atoms with van der Waals surface area (Å²) in [5.41, 5.74) is 1.89. The molecular formula is C20H23ClN2O2. The Morgan fingerprint density at radius 1 is 1.20 bits per heavy atom. The lowest BCUT2D eigenvalue weighted by atomic mass is 9.94. The Balaban J connectivity index is 1.73. The van der Waals surface area contributed by atoms with Gasteiger partial charge in [-0.05, 0) is 36.6 Å². The first-order valence-corrected chi connectivity index (χ1v) is 8.99. The van der Waals surface area contributed by atoms with Gasteiger partial charge in [0.15, 0.2) is 0 Å². The smallest absolute Gasteiger partial charge is 0.321 e. The molecule has 1 heterocycles. The fraction of sp³-hybridized carbons (Fsp3) is 0.350. The number of anilines is 1. The molecule has 1 atom stereocenters. The number of benzene rings is 2. The first kappa shape index (κ1) is 17.6. The molecular weight excluding hydrogens is 336 g/mol. The fourth-order valence-electron chi connectivity index (χ4n) is 3.30. The van der Waals surface area contributed by atoms with Crippen molar-refractivity contribution in [1.82, 2.24) is 4.90 Å². The molecule has 2 amide bonds. The Labute approximate surface area is 153 Å². The molecule has 1 unspecified atom stereocenters. The van der Waals surface area contributed by atoms with E-state index in [0.717, 1.165) is 32.4 Å². The zero-order valence-corrected chi connectivity index (χ0v) is 15.1. The highest BCUT2D eigenvalue weighted by Crippen LogP contribution is 2.30. The van der Waals surface area contributed by atoms with Crippen molar-refractivity contribution < 1.29 is 9.53 Å². The minimum atomic E-state index is -0.108. The third kappa shape index (κ3) is 4.45. The van der Waals surface area contributed by atoms with Gasteiger partial charge < -0.3 is 15.0 Å². The van der Waals surface area contributed by atoms with Crippen molar-refractivity contribution in [2.45, 2.75) is 25.2 Å². The number of carbonyl (C=O) groups is 1. The van der Waals surface area contributed by atoms with Gasteiger partial charge in [-0.25, -0.2) is 4.79 Å². The minimum Gasteiger partial charge on any atom is -0.495 e. The van der Waals surface area contributed by atoms with Crippen LogP contribution in [0.4, 0.5) is 10.5 Å². The van der Waals surface area contributed by atoms with Gasteiger partial charge >= 0.3 is 6.03 Å². The second kappa shape index (κ2) is 8.26. The number of methoxy groups -OCH3 is 1. The van der Waals surface area contributed by atoms with Crippen molar-refractivity contribution in [3.8, 4) is 5.75 Å². The molecule has 2 aromatic carbocycles. The van der Waals surface area contributed by atoms with Crippen LogP contribution in [0, 0.1) is 0 Å². The Bertz CT molecular complexity index is 721. The first-order chi connectivity index (χ1) is 12.2. The monoisotopic (exact) mass is 358 g/mol. The third-order valence-electron chi connectivity index (χ3n) is 4.63. The highest BCUT2D eigenvalue weighted by molar-refractivity contribution is 6.31. The van der Waals surface area contributed by atoms with E-state index in [1.807, 2.05) is 11.0 Å². The Morgan fingerprint density at radius 2 is 2.00 bits per heavy atom. The Morgan fingerprint density at radius 3 is 2.76 bits per heavy atom. The summed E-state index contributed by atoms with van der Waals surface area (Å²) in [5, 5.41) is 3.51. The number of nitrogens with zero attached hydrogens (tertiary/aromatic N) is 1. The molecule has 1 N–H and O–H groups in total. The Kier molecular flexibility index (Phi) is 5.82. The van der Waals surface area contributed by atoms with Gasteiger partial charge in [0.25, 0.3) is 0 Å². The summed E-state index contributed by atoms with van der Waals surface area (Å²) in [4.78, 5) is 14.7. The standard InChI is InChI=1S/C20H23ClN2O2/c1-25-19-11-10-17(21)13-18(19)22-20(24)23-12-6-5-9-16(14-23)15-7-3-2-4-8-15/h2-4,7-8,10-11,13,16H,5-6,9,12,14H2,1H3,(H,22,24). The zero-order chi connectivity index (χ0) is 17.6. The van der Waals surface area contributed by atoms with Crippen LogP contribution in [-0.4, -0.2) is 31.1 Å². The quantitative estimate of drug-likeness (QED) is 0.824. The van der Waals surface area contributed by atoms with Crippen LogP contribution in [-0.2, 0) is 0 Å². The van der Waals surface area contributed by atoms with Crippen molar-refractivity contribution >= 4 is 23.3 Å². The van der Waals surface area contributed by atoms with E-state index in [1.165, 1.54) is 5.56 Å². The molecule has 25 heavy (non-hydrogen) atoms. The number of carbonyl (C=O) groups excluding carboxylic acids is 1. The van der Waals surface area contributed by atoms with Crippen LogP contribution in [0.25, 0.3) is 0 Å². The molecule has 1 aliphatic heterocycles. The highest BCUT2D eigenvalue weighted by Gasteiger charge is 2.23. The van der Waals surface area contributed by atoms with Gasteiger partial charge in [-0.2, -0.15) is 0 Å². The van der Waals surface area contributed by atoms with E-state index in [4.69, 9.17) is 16.3 Å². The van der Waals surface area contributed by atoms with E-state index in [9.17, 15) is 4.79 Å². The van der Waals surface area contributed by atoms with E-state index in [2.05, 4.69) is 29.6 Å². The first-order valence-electron chi connectivity index (χ1n) is 8.62. The van der Waals surface area contributed by atoms with Crippen LogP contribution in [0.5, 0.6) is 5.75 Å². The molecule has 2 aromatic rings. The van der Waals surface area contributed by atoms with Crippen LogP contribution in [0.2, 0.25) is 5.02 Å². The predicted octanol–water partition coefficient (Wildman–Crippen LogP) is 5.15. The average Bonchev–Trinajstić information content (AvgIpc) is 2.89. The second-order valence-electron chi connectivity index (χ2n) is 6.32. The third-order valence-corrected chi connectivity index (χ3v) is 4.87. The van der Waals surface area contributed by atoms with Crippen molar-refractivity contribution in [3.05, 3.63) is 59.1 Å². The molecule has 0 aromatic heterocycles. The van der Waals surface area contributed by atoms with Crippen molar-refractivity contribution in [3.63, 3.8) is 0 Å². The van der Waals surface area contributed by atoms with Crippen LogP contribution in [0.1, 0.15) is 30.7 Å². The molecule has 1 fully saturated rings. The van der Waals surface area contributed by atoms with E-state index < -0.39 is 0 Å². The molecule has 0 bridgehead atoms. The maximum Gasteiger partial charge on any atom is 0.321 e. The largest absolute Gasteiger partial charge is 0.495 e. The fourth-order valence-corrected chi connectivity index (χ4v) is 3.47. The number of urea groups is 1. The molecule has 0 aliphatic carbocycles. The minimum absolute atomic E-state index is 0.108. The summed E-state index contributed by atoms with van der Waals surface area (Å²) in [6.45, 7) is 1.48. The average molecular weight is 359 g/mol. The molecule has 3 rings (SSSR count). The van der Waals surface area contributed by atoms with Gasteiger partial charge in [-0.3, -0.25) is 0 Å². The predicted molar refractivity (Wildman–Crippen MR) is 102 cm³/mol. The van der Waals surface area contributed by atoms with E-state index in [-0.39, 0.29) is 6.03 Å². The molecule has 0 saturated carbocycles. The lowest BCUT2D eigenvalue weighted by molar-refractivity contribution is 0.211. The van der Waals surface area contributed by atoms with Crippen molar-refractivity contribution in [2.24, 2.45) is 0 Å². The number of halogens is 1. The topological polar surface area (TPSA) is 41.6 Å². The lowest BCUT2D eigenvalue weighted by Gasteiger charge is -2.25. The maximum atomic E-state index is 12.8. The number of ether oxygens (including phenoxy) is 1. The zero-order valence-electron chi connectivity index (χ0n) is 14.4. The van der Waals surface area contributed by atoms with Crippen molar-refractivity contribution in [1.29, 1.82) is 0 Å². The molecule has 1 saturated heterocycles. The van der Waals surface area contributed by atoms with Crippen LogP contribution in [0.15, 0.2) is 48.5 Å². The summed E-state index contributed by atoms with van der Waals surface area (Å²) >= 11 is 6.05. The van der Waals surface area contributed by atoms with E-state index in [1.54, 1.807) is 25.3 Å². The molecule has 132 valence electrons. The molecule has 5 heteroatoms. The number of hydrogen-bond acceptors (Lipinski definition) is 2. The van der Waals surface area contributed by atoms with Crippen LogP contribution in [0.3, 0.4) is 0 Å². The second-order valence-corrected chi connectivity index (χ2v) is 6.76. The molecule has 0 spiro atoms. The summed E-state index contributed by atoms with van der Waals surface area (Å²) < 4.78 is 5.31. The number of hydrogen-bond donors (Lipinski definition) is 1. The van der Waals surface area contributed by atoms with E-state index >= 15 is 0 Å². The van der Waals surface area contributed by atoms with Gasteiger partial charge in [-0.1, -0.05) is 48.4 Å².